The number of nitrogens with one attached hydrogen (secondary N) is 1. The van der Waals surface area contributed by atoms with Gasteiger partial charge in [0.05, 0.1) is 18.8 Å². The van der Waals surface area contributed by atoms with Gasteiger partial charge in [0.15, 0.2) is 0 Å². The first-order chi connectivity index (χ1) is 11.1. The van der Waals surface area contributed by atoms with Crippen LogP contribution in [0.5, 0.6) is 0 Å². The number of nitrogens with zero attached hydrogens (tertiary/aromatic N) is 2. The molecule has 1 aliphatic rings. The van der Waals surface area contributed by atoms with E-state index in [9.17, 15) is 9.59 Å². The molecule has 2 aromatic rings. The average Bonchev–Trinajstić information content (AvgIpc) is 2.56. The van der Waals surface area contributed by atoms with Crippen LogP contribution in [0.2, 0.25) is 5.02 Å². The minimum atomic E-state index is -0.411. The summed E-state index contributed by atoms with van der Waals surface area (Å²) < 4.78 is 6.45. The molecule has 1 saturated heterocycles. The maximum absolute atomic E-state index is 12.6. The molecule has 7 heteroatoms. The van der Waals surface area contributed by atoms with E-state index >= 15 is 0 Å². The van der Waals surface area contributed by atoms with Crippen LogP contribution in [-0.2, 0) is 18.2 Å². The first-order valence-electron chi connectivity index (χ1n) is 7.45. The van der Waals surface area contributed by atoms with Crippen LogP contribution in [-0.4, -0.2) is 35.9 Å². The van der Waals surface area contributed by atoms with Gasteiger partial charge in [-0.2, -0.15) is 0 Å². The van der Waals surface area contributed by atoms with Crippen molar-refractivity contribution >= 4 is 17.4 Å². The number of aromatic amines is 1. The van der Waals surface area contributed by atoms with Crippen LogP contribution < -0.4 is 16.1 Å². The van der Waals surface area contributed by atoms with E-state index < -0.39 is 5.69 Å². The lowest BCUT2D eigenvalue weighted by molar-refractivity contribution is 0.122. The molecular formula is C16H18ClN3O3. The molecule has 1 aliphatic heterocycles. The number of morpholine rings is 1. The number of hydrogen-bond acceptors (Lipinski definition) is 4. The summed E-state index contributed by atoms with van der Waals surface area (Å²) in [6, 6.07) is 7.38. The molecule has 1 aromatic carbocycles. The van der Waals surface area contributed by atoms with Gasteiger partial charge in [0, 0.05) is 31.6 Å². The highest BCUT2D eigenvalue weighted by Crippen LogP contribution is 2.19. The lowest BCUT2D eigenvalue weighted by Crippen LogP contribution is -2.43. The molecule has 3 rings (SSSR count). The van der Waals surface area contributed by atoms with Crippen LogP contribution in [0.1, 0.15) is 11.1 Å². The van der Waals surface area contributed by atoms with Crippen molar-refractivity contribution in [2.45, 2.75) is 6.42 Å². The Balaban J connectivity index is 2.07. The summed E-state index contributed by atoms with van der Waals surface area (Å²) in [6.45, 7) is 2.44. The summed E-state index contributed by atoms with van der Waals surface area (Å²) >= 11 is 6.03. The van der Waals surface area contributed by atoms with Gasteiger partial charge in [-0.3, -0.25) is 14.3 Å². The lowest BCUT2D eigenvalue weighted by atomic mass is 10.1. The monoisotopic (exact) mass is 335 g/mol. The summed E-state index contributed by atoms with van der Waals surface area (Å²) in [5.74, 6) is 0.585. The smallest absolute Gasteiger partial charge is 0.329 e. The number of anilines is 1. The highest BCUT2D eigenvalue weighted by atomic mass is 35.5. The van der Waals surface area contributed by atoms with Crippen LogP contribution in [0.4, 0.5) is 5.82 Å². The molecule has 1 N–H and O–H groups in total. The van der Waals surface area contributed by atoms with Crippen molar-refractivity contribution in [1.29, 1.82) is 0 Å². The van der Waals surface area contributed by atoms with E-state index in [-0.39, 0.29) is 5.56 Å². The third-order valence-corrected chi connectivity index (χ3v) is 4.21. The van der Waals surface area contributed by atoms with Gasteiger partial charge < -0.3 is 9.64 Å². The summed E-state index contributed by atoms with van der Waals surface area (Å²) in [6.07, 6.45) is 0.413. The number of H-pyrrole nitrogens is 1. The number of halogens is 1. The minimum absolute atomic E-state index is 0.282. The van der Waals surface area contributed by atoms with Crippen LogP contribution in [0.15, 0.2) is 33.9 Å². The van der Waals surface area contributed by atoms with Crippen molar-refractivity contribution in [2.24, 2.45) is 7.05 Å². The molecule has 0 unspecified atom stereocenters. The number of ether oxygens (including phenoxy) is 1. The van der Waals surface area contributed by atoms with Crippen molar-refractivity contribution in [3.63, 3.8) is 0 Å². The number of rotatable bonds is 3. The van der Waals surface area contributed by atoms with Gasteiger partial charge in [-0.25, -0.2) is 4.79 Å². The molecule has 0 saturated carbocycles. The Bertz CT molecular complexity index is 822. The van der Waals surface area contributed by atoms with E-state index in [1.54, 1.807) is 6.07 Å². The second-order valence-corrected chi connectivity index (χ2v) is 5.96. The van der Waals surface area contributed by atoms with Crippen LogP contribution in [0, 0.1) is 0 Å². The third kappa shape index (κ3) is 3.33. The second kappa shape index (κ2) is 6.60. The molecule has 0 radical (unpaired) electrons. The van der Waals surface area contributed by atoms with E-state index in [0.717, 1.165) is 10.1 Å². The van der Waals surface area contributed by atoms with E-state index in [2.05, 4.69) is 4.98 Å². The summed E-state index contributed by atoms with van der Waals surface area (Å²) in [4.78, 5) is 29.4. The van der Waals surface area contributed by atoms with Crippen LogP contribution in [0.3, 0.4) is 0 Å². The summed E-state index contributed by atoms with van der Waals surface area (Å²) in [7, 11) is 1.48. The van der Waals surface area contributed by atoms with Gasteiger partial charge in [-0.1, -0.05) is 23.7 Å². The molecule has 6 nitrogen and oxygen atoms in total. The first-order valence-corrected chi connectivity index (χ1v) is 7.83. The Morgan fingerprint density at radius 3 is 2.70 bits per heavy atom. The molecule has 0 amide bonds. The average molecular weight is 336 g/mol. The summed E-state index contributed by atoms with van der Waals surface area (Å²) in [5.41, 5.74) is 0.800. The SMILES string of the molecule is Cn1c(=O)[nH]c(N2CCOCC2)c(Cc2cccc(Cl)c2)c1=O. The third-order valence-electron chi connectivity index (χ3n) is 3.98. The number of benzene rings is 1. The molecule has 0 spiro atoms. The Hall–Kier alpha value is -2.05. The van der Waals surface area contributed by atoms with Crippen molar-refractivity contribution in [3.05, 3.63) is 61.3 Å². The van der Waals surface area contributed by atoms with Gasteiger partial charge in [0.25, 0.3) is 5.56 Å². The van der Waals surface area contributed by atoms with E-state index in [1.807, 2.05) is 23.1 Å². The zero-order valence-corrected chi connectivity index (χ0v) is 13.6. The van der Waals surface area contributed by atoms with Gasteiger partial charge in [-0.05, 0) is 17.7 Å². The van der Waals surface area contributed by atoms with Gasteiger partial charge in [-0.15, -0.1) is 0 Å². The van der Waals surface area contributed by atoms with Crippen LogP contribution >= 0.6 is 11.6 Å². The zero-order valence-electron chi connectivity index (χ0n) is 12.8. The van der Waals surface area contributed by atoms with Crippen LogP contribution in [0.25, 0.3) is 0 Å². The standard InChI is InChI=1S/C16H18ClN3O3/c1-19-15(21)13(10-11-3-2-4-12(17)9-11)14(18-16(19)22)20-5-7-23-8-6-20/h2-4,9H,5-8,10H2,1H3,(H,18,22). The van der Waals surface area contributed by atoms with Crippen molar-refractivity contribution in [1.82, 2.24) is 9.55 Å². The predicted octanol–water partition coefficient (Wildman–Crippen LogP) is 1.15. The van der Waals surface area contributed by atoms with E-state index in [0.29, 0.717) is 49.1 Å². The van der Waals surface area contributed by atoms with Crippen molar-refractivity contribution < 1.29 is 4.74 Å². The predicted molar refractivity (Wildman–Crippen MR) is 89.6 cm³/mol. The number of aromatic nitrogens is 2. The summed E-state index contributed by atoms with van der Waals surface area (Å²) in [5, 5.41) is 0.622. The Labute approximate surface area is 138 Å². The number of hydrogen-bond donors (Lipinski definition) is 1. The van der Waals surface area contributed by atoms with E-state index in [1.165, 1.54) is 7.05 Å². The zero-order chi connectivity index (χ0) is 16.4. The van der Waals surface area contributed by atoms with Crippen molar-refractivity contribution in [3.8, 4) is 0 Å². The van der Waals surface area contributed by atoms with Crippen molar-refractivity contribution in [2.75, 3.05) is 31.2 Å². The highest BCUT2D eigenvalue weighted by Gasteiger charge is 2.20. The maximum Gasteiger partial charge on any atom is 0.329 e. The van der Waals surface area contributed by atoms with Gasteiger partial charge in [0.1, 0.15) is 5.82 Å². The fraction of sp³-hybridized carbons (Fsp3) is 0.375. The maximum atomic E-state index is 12.6. The molecule has 0 aliphatic carbocycles. The van der Waals surface area contributed by atoms with Gasteiger partial charge >= 0.3 is 5.69 Å². The fourth-order valence-corrected chi connectivity index (χ4v) is 2.94. The Morgan fingerprint density at radius 1 is 1.26 bits per heavy atom. The fourth-order valence-electron chi connectivity index (χ4n) is 2.72. The largest absolute Gasteiger partial charge is 0.378 e. The Kier molecular flexibility index (Phi) is 4.54. The molecule has 2 heterocycles. The normalized spacial score (nSPS) is 15.0. The molecule has 0 atom stereocenters. The quantitative estimate of drug-likeness (QED) is 0.914. The van der Waals surface area contributed by atoms with Gasteiger partial charge in [0.2, 0.25) is 0 Å². The molecule has 0 bridgehead atoms. The highest BCUT2D eigenvalue weighted by molar-refractivity contribution is 6.30. The lowest BCUT2D eigenvalue weighted by Gasteiger charge is -2.29. The molecule has 122 valence electrons. The minimum Gasteiger partial charge on any atom is -0.378 e. The molecule has 23 heavy (non-hydrogen) atoms. The topological polar surface area (TPSA) is 67.3 Å². The second-order valence-electron chi connectivity index (χ2n) is 5.53. The Morgan fingerprint density at radius 2 is 2.00 bits per heavy atom. The molecule has 1 aromatic heterocycles. The first kappa shape index (κ1) is 15.8. The van der Waals surface area contributed by atoms with E-state index in [4.69, 9.17) is 16.3 Å². The molecular weight excluding hydrogens is 318 g/mol. The molecule has 1 fully saturated rings.